The van der Waals surface area contributed by atoms with Gasteiger partial charge in [-0.05, 0) is 50.3 Å². The molecule has 10 nitrogen and oxygen atoms in total. The van der Waals surface area contributed by atoms with Crippen LogP contribution in [0.15, 0.2) is 23.0 Å². The number of hydrogen-bond donors (Lipinski definition) is 3. The van der Waals surface area contributed by atoms with E-state index >= 15 is 0 Å². The minimum atomic E-state index is -0.343. The highest BCUT2D eigenvalue weighted by molar-refractivity contribution is 5.80. The number of rotatable bonds is 8. The molecule has 0 bridgehead atoms. The molecular formula is C24H32N6O4. The Bertz CT molecular complexity index is 1230. The van der Waals surface area contributed by atoms with E-state index in [0.717, 1.165) is 55.7 Å². The summed E-state index contributed by atoms with van der Waals surface area (Å²) in [6, 6.07) is 5.93. The van der Waals surface area contributed by atoms with Crippen LogP contribution in [-0.4, -0.2) is 50.6 Å². The smallest absolute Gasteiger partial charge is 0.277 e. The van der Waals surface area contributed by atoms with Crippen molar-refractivity contribution in [3.63, 3.8) is 0 Å². The van der Waals surface area contributed by atoms with Crippen LogP contribution < -0.4 is 20.7 Å². The predicted molar refractivity (Wildman–Crippen MR) is 129 cm³/mol. The lowest BCUT2D eigenvalue weighted by Gasteiger charge is -2.33. The van der Waals surface area contributed by atoms with Gasteiger partial charge in [0.1, 0.15) is 17.1 Å². The Kier molecular flexibility index (Phi) is 7.16. The van der Waals surface area contributed by atoms with Crippen molar-refractivity contribution in [1.82, 2.24) is 25.2 Å². The van der Waals surface area contributed by atoms with E-state index in [1.165, 1.54) is 0 Å². The molecule has 0 atom stereocenters. The second-order valence-electron chi connectivity index (χ2n) is 8.72. The number of amides is 1. The molecule has 4 rings (SSSR count). The number of H-pyrrole nitrogens is 1. The molecule has 0 saturated carbocycles. The van der Waals surface area contributed by atoms with Crippen LogP contribution in [0, 0.1) is 5.92 Å². The summed E-state index contributed by atoms with van der Waals surface area (Å²) in [4.78, 5) is 34.5. The number of hydrogen-bond acceptors (Lipinski definition) is 7. The number of fused-ring (bicyclic) bond motifs is 1. The van der Waals surface area contributed by atoms with Crippen molar-refractivity contribution in [2.24, 2.45) is 13.0 Å². The second-order valence-corrected chi connectivity index (χ2v) is 8.72. The largest absolute Gasteiger partial charge is 0.493 e. The molecule has 0 unspecified atom stereocenters. The van der Waals surface area contributed by atoms with Crippen molar-refractivity contribution in [1.29, 1.82) is 0 Å². The second kappa shape index (κ2) is 10.3. The molecule has 0 aliphatic carbocycles. The number of carbonyl (C=O) groups is 1. The van der Waals surface area contributed by atoms with Crippen LogP contribution in [0.5, 0.6) is 5.75 Å². The molecule has 1 aliphatic heterocycles. The van der Waals surface area contributed by atoms with Crippen molar-refractivity contribution in [3.05, 3.63) is 34.2 Å². The fourth-order valence-corrected chi connectivity index (χ4v) is 4.66. The highest BCUT2D eigenvalue weighted by Crippen LogP contribution is 2.34. The molecule has 1 amide bonds. The maximum Gasteiger partial charge on any atom is 0.277 e. The van der Waals surface area contributed by atoms with E-state index in [2.05, 4.69) is 21.9 Å². The normalized spacial score (nSPS) is 14.5. The van der Waals surface area contributed by atoms with Gasteiger partial charge in [0.15, 0.2) is 5.52 Å². The molecule has 34 heavy (non-hydrogen) atoms. The summed E-state index contributed by atoms with van der Waals surface area (Å²) >= 11 is 0. The van der Waals surface area contributed by atoms with Gasteiger partial charge in [-0.3, -0.25) is 19.5 Å². The minimum Gasteiger partial charge on any atom is -0.493 e. The fraction of sp³-hybridized carbons (Fsp3) is 0.500. The Balaban J connectivity index is 1.69. The molecule has 3 heterocycles. The van der Waals surface area contributed by atoms with Crippen LogP contribution in [-0.2, 0) is 18.3 Å². The van der Waals surface area contributed by atoms with Gasteiger partial charge < -0.3 is 14.6 Å². The van der Waals surface area contributed by atoms with Gasteiger partial charge in [-0.2, -0.15) is 5.10 Å². The summed E-state index contributed by atoms with van der Waals surface area (Å²) in [5, 5.41) is 13.3. The summed E-state index contributed by atoms with van der Waals surface area (Å²) in [5.41, 5.74) is 5.13. The predicted octanol–water partition coefficient (Wildman–Crippen LogP) is 2.79. The van der Waals surface area contributed by atoms with Crippen molar-refractivity contribution < 1.29 is 14.7 Å². The van der Waals surface area contributed by atoms with E-state index < -0.39 is 0 Å². The van der Waals surface area contributed by atoms with E-state index in [4.69, 9.17) is 14.9 Å². The minimum absolute atomic E-state index is 0.229. The lowest BCUT2D eigenvalue weighted by atomic mass is 9.93. The van der Waals surface area contributed by atoms with Gasteiger partial charge in [0.2, 0.25) is 5.91 Å². The number of piperidine rings is 1. The zero-order chi connectivity index (χ0) is 24.2. The van der Waals surface area contributed by atoms with Crippen LogP contribution >= 0.6 is 0 Å². The highest BCUT2D eigenvalue weighted by Gasteiger charge is 2.23. The Morgan fingerprint density at radius 2 is 2.06 bits per heavy atom. The van der Waals surface area contributed by atoms with Crippen LogP contribution in [0.2, 0.25) is 0 Å². The first kappa shape index (κ1) is 23.7. The van der Waals surface area contributed by atoms with E-state index in [-0.39, 0.29) is 17.4 Å². The molecule has 0 radical (unpaired) electrons. The zero-order valence-corrected chi connectivity index (χ0v) is 19.9. The first-order valence-corrected chi connectivity index (χ1v) is 11.9. The Labute approximate surface area is 197 Å². The third kappa shape index (κ3) is 4.77. The summed E-state index contributed by atoms with van der Waals surface area (Å²) in [7, 11) is 1.76. The molecule has 3 aromatic rings. The molecule has 0 spiro atoms. The molecule has 2 aromatic heterocycles. The lowest BCUT2D eigenvalue weighted by molar-refractivity contribution is -0.130. The van der Waals surface area contributed by atoms with Crippen LogP contribution in [0.4, 0.5) is 5.69 Å². The summed E-state index contributed by atoms with van der Waals surface area (Å²) in [6.07, 6.45) is 3.69. The summed E-state index contributed by atoms with van der Waals surface area (Å²) < 4.78 is 7.47. The van der Waals surface area contributed by atoms with Crippen molar-refractivity contribution in [3.8, 4) is 17.1 Å². The lowest BCUT2D eigenvalue weighted by Crippen LogP contribution is -2.35. The maximum atomic E-state index is 13.0. The number of hydroxylamine groups is 1. The maximum absolute atomic E-state index is 13.0. The van der Waals surface area contributed by atoms with Gasteiger partial charge >= 0.3 is 0 Å². The van der Waals surface area contributed by atoms with Gasteiger partial charge in [-0.25, -0.2) is 10.5 Å². The number of aromatic nitrogens is 4. The SMILES string of the molecule is CCCc1nn(C)c2c(=O)[nH]c(-c3cc(N4CCC(CC(=O)NO)CC4)ccc3OCC)nc12. The van der Waals surface area contributed by atoms with Gasteiger partial charge in [0, 0.05) is 32.2 Å². The summed E-state index contributed by atoms with van der Waals surface area (Å²) in [5.74, 6) is 1.02. The Hall–Kier alpha value is -3.40. The average Bonchev–Trinajstić information content (AvgIpc) is 3.15. The van der Waals surface area contributed by atoms with Crippen LogP contribution in [0.25, 0.3) is 22.4 Å². The number of nitrogens with one attached hydrogen (secondary N) is 2. The van der Waals surface area contributed by atoms with Gasteiger partial charge in [0.05, 0.1) is 17.9 Å². The van der Waals surface area contributed by atoms with Gasteiger partial charge in [-0.1, -0.05) is 13.3 Å². The van der Waals surface area contributed by atoms with E-state index in [1.54, 1.807) is 17.2 Å². The van der Waals surface area contributed by atoms with Crippen molar-refractivity contribution in [2.75, 3.05) is 24.6 Å². The topological polar surface area (TPSA) is 125 Å². The number of aryl methyl sites for hydroxylation is 2. The first-order valence-electron chi connectivity index (χ1n) is 11.9. The first-order chi connectivity index (χ1) is 16.4. The molecule has 1 fully saturated rings. The molecule has 3 N–H and O–H groups in total. The zero-order valence-electron chi connectivity index (χ0n) is 19.9. The molecule has 1 aliphatic rings. The van der Waals surface area contributed by atoms with Crippen LogP contribution in [0.3, 0.4) is 0 Å². The Morgan fingerprint density at radius 3 is 2.74 bits per heavy atom. The third-order valence-electron chi connectivity index (χ3n) is 6.35. The highest BCUT2D eigenvalue weighted by atomic mass is 16.5. The fourth-order valence-electron chi connectivity index (χ4n) is 4.66. The molecule has 1 aromatic carbocycles. The van der Waals surface area contributed by atoms with E-state index in [1.807, 2.05) is 25.1 Å². The molecular weight excluding hydrogens is 436 g/mol. The molecule has 1 saturated heterocycles. The standard InChI is InChI=1S/C24H32N6O4/c1-4-6-18-21-22(29(3)27-18)24(32)26-23(25-21)17-14-16(7-8-19(17)34-5-2)30-11-9-15(10-12-30)13-20(31)28-33/h7-8,14-15,33H,4-6,9-13H2,1-3H3,(H,28,31)(H,25,26,32). The third-order valence-corrected chi connectivity index (χ3v) is 6.35. The van der Waals surface area contributed by atoms with Gasteiger partial charge in [0.25, 0.3) is 5.56 Å². The molecule has 10 heteroatoms. The number of nitrogens with zero attached hydrogens (tertiary/aromatic N) is 4. The number of benzene rings is 1. The summed E-state index contributed by atoms with van der Waals surface area (Å²) in [6.45, 7) is 6.08. The number of aromatic amines is 1. The number of carbonyl (C=O) groups excluding carboxylic acids is 1. The Morgan fingerprint density at radius 1 is 1.29 bits per heavy atom. The van der Waals surface area contributed by atoms with E-state index in [0.29, 0.717) is 35.6 Å². The van der Waals surface area contributed by atoms with Gasteiger partial charge in [-0.15, -0.1) is 0 Å². The van der Waals surface area contributed by atoms with E-state index in [9.17, 15) is 9.59 Å². The monoisotopic (exact) mass is 468 g/mol. The molecule has 182 valence electrons. The number of anilines is 1. The van der Waals surface area contributed by atoms with Crippen molar-refractivity contribution >= 4 is 22.6 Å². The van der Waals surface area contributed by atoms with Crippen LogP contribution in [0.1, 0.15) is 45.2 Å². The number of ether oxygens (including phenoxy) is 1. The average molecular weight is 469 g/mol. The quantitative estimate of drug-likeness (QED) is 0.343. The van der Waals surface area contributed by atoms with Crippen molar-refractivity contribution in [2.45, 2.75) is 46.0 Å².